The maximum absolute atomic E-state index is 12.8. The van der Waals surface area contributed by atoms with E-state index < -0.39 is 11.5 Å². The van der Waals surface area contributed by atoms with Crippen LogP contribution >= 0.6 is 0 Å². The Morgan fingerprint density at radius 2 is 1.96 bits per heavy atom. The largest absolute Gasteiger partial charge is 0.388 e. The fraction of sp³-hybridized carbons (Fsp3) is 0.381. The summed E-state index contributed by atoms with van der Waals surface area (Å²) in [5, 5.41) is 5.55. The minimum atomic E-state index is -0.476. The van der Waals surface area contributed by atoms with Crippen LogP contribution in [-0.4, -0.2) is 30.4 Å². The van der Waals surface area contributed by atoms with Gasteiger partial charge in [-0.1, -0.05) is 31.4 Å². The zero-order valence-electron chi connectivity index (χ0n) is 15.7. The molecule has 0 aliphatic heterocycles. The molecule has 1 saturated carbocycles. The van der Waals surface area contributed by atoms with Gasteiger partial charge in [0.05, 0.1) is 6.54 Å². The lowest BCUT2D eigenvalue weighted by molar-refractivity contribution is 0.0935. The van der Waals surface area contributed by atoms with Crippen molar-refractivity contribution >= 4 is 17.4 Å². The third kappa shape index (κ3) is 4.27. The molecule has 1 aromatic heterocycles. The number of hydrogen-bond donors (Lipinski definition) is 2. The van der Waals surface area contributed by atoms with Gasteiger partial charge < -0.3 is 15.2 Å². The number of carbonyl (C=O) groups excluding carboxylic acids is 2. The van der Waals surface area contributed by atoms with Crippen LogP contribution in [0.1, 0.15) is 52.0 Å². The monoisotopic (exact) mass is 367 g/mol. The summed E-state index contributed by atoms with van der Waals surface area (Å²) in [6.07, 6.45) is 5.38. The van der Waals surface area contributed by atoms with E-state index in [1.54, 1.807) is 6.20 Å². The lowest BCUT2D eigenvalue weighted by Gasteiger charge is -2.24. The number of nitrogens with zero attached hydrogens (tertiary/aromatic N) is 1. The fourth-order valence-corrected chi connectivity index (χ4v) is 3.30. The minimum Gasteiger partial charge on any atom is -0.388 e. The van der Waals surface area contributed by atoms with Crippen molar-refractivity contribution in [2.24, 2.45) is 5.92 Å². The van der Waals surface area contributed by atoms with Crippen LogP contribution in [0, 0.1) is 5.92 Å². The van der Waals surface area contributed by atoms with Gasteiger partial charge in [0, 0.05) is 38.0 Å². The molecule has 0 spiro atoms. The number of ketones is 1. The van der Waals surface area contributed by atoms with Gasteiger partial charge in [-0.15, -0.1) is 0 Å². The van der Waals surface area contributed by atoms with Crippen molar-refractivity contribution in [1.29, 1.82) is 0 Å². The highest BCUT2D eigenvalue weighted by atomic mass is 16.2. The van der Waals surface area contributed by atoms with Gasteiger partial charge in [0.1, 0.15) is 5.56 Å². The highest BCUT2D eigenvalue weighted by Crippen LogP contribution is 2.30. The van der Waals surface area contributed by atoms with Gasteiger partial charge >= 0.3 is 0 Å². The zero-order valence-corrected chi connectivity index (χ0v) is 15.7. The van der Waals surface area contributed by atoms with Crippen molar-refractivity contribution in [3.63, 3.8) is 0 Å². The van der Waals surface area contributed by atoms with Crippen LogP contribution in [0.15, 0.2) is 41.3 Å². The molecular weight excluding hydrogens is 342 g/mol. The molecule has 3 rings (SSSR count). The Morgan fingerprint density at radius 1 is 1.19 bits per heavy atom. The maximum atomic E-state index is 12.8. The Balaban J connectivity index is 1.97. The Hall–Kier alpha value is -2.89. The molecule has 1 heterocycles. The first-order valence-corrected chi connectivity index (χ1v) is 9.28. The molecule has 142 valence electrons. The van der Waals surface area contributed by atoms with Crippen LogP contribution in [0.3, 0.4) is 0 Å². The van der Waals surface area contributed by atoms with Gasteiger partial charge in [-0.05, 0) is 29.7 Å². The number of carbonyl (C=O) groups is 2. The first kappa shape index (κ1) is 18.9. The van der Waals surface area contributed by atoms with Gasteiger partial charge in [0.15, 0.2) is 5.78 Å². The van der Waals surface area contributed by atoms with E-state index in [2.05, 4.69) is 10.6 Å². The molecule has 0 saturated heterocycles. The predicted molar refractivity (Wildman–Crippen MR) is 105 cm³/mol. The Morgan fingerprint density at radius 3 is 2.59 bits per heavy atom. The quantitative estimate of drug-likeness (QED) is 0.738. The van der Waals surface area contributed by atoms with Gasteiger partial charge in [-0.3, -0.25) is 14.4 Å². The number of rotatable bonds is 7. The molecule has 6 nitrogen and oxygen atoms in total. The molecule has 1 aromatic carbocycles. The molecule has 6 heteroatoms. The van der Waals surface area contributed by atoms with Crippen molar-refractivity contribution in [3.05, 3.63) is 63.6 Å². The Kier molecular flexibility index (Phi) is 5.74. The van der Waals surface area contributed by atoms with Crippen molar-refractivity contribution < 1.29 is 9.59 Å². The van der Waals surface area contributed by atoms with Crippen LogP contribution in [0.5, 0.6) is 0 Å². The van der Waals surface area contributed by atoms with E-state index in [4.69, 9.17) is 0 Å². The smallest absolute Gasteiger partial charge is 0.263 e. The first-order chi connectivity index (χ1) is 13.0. The predicted octanol–water partition coefficient (Wildman–Crippen LogP) is 2.67. The van der Waals surface area contributed by atoms with Crippen LogP contribution < -0.4 is 16.2 Å². The highest BCUT2D eigenvalue weighted by molar-refractivity contribution is 6.00. The van der Waals surface area contributed by atoms with E-state index in [0.29, 0.717) is 24.4 Å². The van der Waals surface area contributed by atoms with E-state index in [-0.39, 0.29) is 11.3 Å². The topological polar surface area (TPSA) is 80.2 Å². The number of nitrogens with one attached hydrogen (secondary N) is 2. The number of hydrogen-bond acceptors (Lipinski definition) is 4. The molecular formula is C21H25N3O3. The van der Waals surface area contributed by atoms with E-state index >= 15 is 0 Å². The maximum Gasteiger partial charge on any atom is 0.263 e. The zero-order chi connectivity index (χ0) is 19.4. The summed E-state index contributed by atoms with van der Waals surface area (Å²) in [5.41, 5.74) is 1.87. The van der Waals surface area contributed by atoms with Crippen molar-refractivity contribution in [2.45, 2.75) is 32.2 Å². The number of pyridine rings is 1. The molecule has 1 fully saturated rings. The molecule has 0 radical (unpaired) electrons. The number of anilines is 1. The number of benzene rings is 1. The minimum absolute atomic E-state index is 0.00160. The second-order valence-corrected chi connectivity index (χ2v) is 7.03. The Bertz CT molecular complexity index is 913. The number of Topliss-reactive ketones (excluding diaryl/α,β-unsaturated/α-hetero) is 1. The lowest BCUT2D eigenvalue weighted by atomic mass is 9.81. The molecule has 0 atom stereocenters. The highest BCUT2D eigenvalue weighted by Gasteiger charge is 2.23. The summed E-state index contributed by atoms with van der Waals surface area (Å²) in [6.45, 7) is 0.295. The van der Waals surface area contributed by atoms with Crippen LogP contribution in [0.2, 0.25) is 0 Å². The van der Waals surface area contributed by atoms with Gasteiger partial charge in [-0.25, -0.2) is 0 Å². The molecule has 2 N–H and O–H groups in total. The summed E-state index contributed by atoms with van der Waals surface area (Å²) in [4.78, 5) is 37.6. The molecule has 2 aromatic rings. The molecule has 0 unspecified atom stereocenters. The second kappa shape index (κ2) is 8.20. The van der Waals surface area contributed by atoms with E-state index in [1.807, 2.05) is 31.3 Å². The lowest BCUT2D eigenvalue weighted by Crippen LogP contribution is -2.32. The fourth-order valence-electron chi connectivity index (χ4n) is 3.30. The summed E-state index contributed by atoms with van der Waals surface area (Å²) < 4.78 is 1.45. The van der Waals surface area contributed by atoms with Crippen molar-refractivity contribution in [2.75, 3.05) is 19.4 Å². The summed E-state index contributed by atoms with van der Waals surface area (Å²) in [7, 11) is 3.31. The summed E-state index contributed by atoms with van der Waals surface area (Å²) in [5.74, 6) is -0.0627. The first-order valence-electron chi connectivity index (χ1n) is 9.28. The van der Waals surface area contributed by atoms with E-state index in [1.165, 1.54) is 24.1 Å². The second-order valence-electron chi connectivity index (χ2n) is 7.03. The van der Waals surface area contributed by atoms with Gasteiger partial charge in [0.2, 0.25) is 0 Å². The molecule has 1 aliphatic carbocycles. The van der Waals surface area contributed by atoms with Gasteiger partial charge in [0.25, 0.3) is 11.5 Å². The number of aromatic nitrogens is 1. The molecule has 0 bridgehead atoms. The third-order valence-corrected chi connectivity index (χ3v) is 5.15. The number of amides is 1. The van der Waals surface area contributed by atoms with Crippen LogP contribution in [0.25, 0.3) is 0 Å². The average Bonchev–Trinajstić information content (AvgIpc) is 2.65. The third-order valence-electron chi connectivity index (χ3n) is 5.15. The molecule has 1 aliphatic rings. The van der Waals surface area contributed by atoms with Crippen molar-refractivity contribution in [3.8, 4) is 0 Å². The van der Waals surface area contributed by atoms with Crippen molar-refractivity contribution in [1.82, 2.24) is 9.88 Å². The van der Waals surface area contributed by atoms with E-state index in [0.717, 1.165) is 24.1 Å². The van der Waals surface area contributed by atoms with Crippen LogP contribution in [0.4, 0.5) is 5.69 Å². The van der Waals surface area contributed by atoms with Gasteiger partial charge in [-0.2, -0.15) is 0 Å². The molecule has 1 amide bonds. The SMILES string of the molecule is CNC(=O)c1cc(C(=O)CC2CCC2)cn(Cc2cccc(NC)c2)c1=O. The average molecular weight is 367 g/mol. The van der Waals surface area contributed by atoms with Crippen LogP contribution in [-0.2, 0) is 6.54 Å². The summed E-state index contributed by atoms with van der Waals surface area (Å²) in [6, 6.07) is 9.12. The molecule has 27 heavy (non-hydrogen) atoms. The normalized spacial score (nSPS) is 13.7. The standard InChI is InChI=1S/C21H25N3O3/c1-22-17-8-4-7-15(9-17)12-24-13-16(19(25)10-14-5-3-6-14)11-18(21(24)27)20(26)23-2/h4,7-9,11,13-14,22H,3,5-6,10,12H2,1-2H3,(H,23,26). The Labute approximate surface area is 158 Å². The van der Waals surface area contributed by atoms with E-state index in [9.17, 15) is 14.4 Å². The summed E-state index contributed by atoms with van der Waals surface area (Å²) >= 11 is 0.